The summed E-state index contributed by atoms with van der Waals surface area (Å²) in [6, 6.07) is 0. The Kier molecular flexibility index (Phi) is 6.14. The molecule has 1 aliphatic heterocycles. The van der Waals surface area contributed by atoms with Gasteiger partial charge in [0.05, 0.1) is 19.3 Å². The summed E-state index contributed by atoms with van der Waals surface area (Å²) in [5, 5.41) is 20.1. The van der Waals surface area contributed by atoms with Gasteiger partial charge in [-0.05, 0) is 12.3 Å². The number of piperazine rings is 1. The van der Waals surface area contributed by atoms with Crippen molar-refractivity contribution in [3.8, 4) is 5.19 Å². The largest absolute Gasteiger partial charge is 0.469 e. The van der Waals surface area contributed by atoms with Crippen molar-refractivity contribution in [2.45, 2.75) is 40.3 Å². The molecular weight excluding hydrogens is 300 g/mol. The van der Waals surface area contributed by atoms with E-state index in [9.17, 15) is 5.11 Å². The Labute approximate surface area is 137 Å². The van der Waals surface area contributed by atoms with Gasteiger partial charge in [-0.25, -0.2) is 0 Å². The fourth-order valence-corrected chi connectivity index (χ4v) is 3.11. The topological polar surface area (TPSA) is 61.7 Å². The second-order valence-corrected chi connectivity index (χ2v) is 7.88. The highest BCUT2D eigenvalue weighted by Gasteiger charge is 2.26. The Morgan fingerprint density at radius 3 is 2.41 bits per heavy atom. The van der Waals surface area contributed by atoms with Gasteiger partial charge < -0.3 is 9.84 Å². The summed E-state index contributed by atoms with van der Waals surface area (Å²) in [6.07, 6.45) is -0.282. The molecule has 1 fully saturated rings. The summed E-state index contributed by atoms with van der Waals surface area (Å²) in [4.78, 5) is 4.73. The Morgan fingerprint density at radius 2 is 1.82 bits per heavy atom. The molecule has 2 heterocycles. The maximum atomic E-state index is 10.2. The number of ether oxygens (including phenoxy) is 1. The lowest BCUT2D eigenvalue weighted by atomic mass is 9.89. The third kappa shape index (κ3) is 5.15. The van der Waals surface area contributed by atoms with E-state index >= 15 is 0 Å². The number of aromatic nitrogens is 2. The van der Waals surface area contributed by atoms with Crippen LogP contribution in [0.25, 0.3) is 0 Å². The van der Waals surface area contributed by atoms with Gasteiger partial charge in [0, 0.05) is 32.7 Å². The van der Waals surface area contributed by atoms with Gasteiger partial charge in [0.15, 0.2) is 0 Å². The first-order chi connectivity index (χ1) is 10.4. The quantitative estimate of drug-likeness (QED) is 0.853. The molecule has 7 heteroatoms. The molecular formula is C15H28N4O2S. The minimum atomic E-state index is -0.282. The molecule has 0 spiro atoms. The Hall–Kier alpha value is -0.760. The van der Waals surface area contributed by atoms with Crippen molar-refractivity contribution in [1.29, 1.82) is 0 Å². The molecule has 22 heavy (non-hydrogen) atoms. The van der Waals surface area contributed by atoms with Gasteiger partial charge >= 0.3 is 0 Å². The number of rotatable bonds is 6. The number of β-amino-alcohol motifs (C(OH)–C–C–N with tert-alkyl or cyclic N) is 1. The standard InChI is InChI=1S/C15H28N4O2S/c1-5-21-14-17-16-13(22-14)11-19-8-6-18(7-9-19)10-12(20)15(2,3)4/h12,20H,5-11H2,1-4H3/t12-/m0/s1. The zero-order chi connectivity index (χ0) is 16.2. The first-order valence-corrected chi connectivity index (χ1v) is 8.78. The van der Waals surface area contributed by atoms with Crippen molar-refractivity contribution in [3.05, 3.63) is 5.01 Å². The fourth-order valence-electron chi connectivity index (χ4n) is 2.32. The summed E-state index contributed by atoms with van der Waals surface area (Å²) in [7, 11) is 0. The van der Waals surface area contributed by atoms with Crippen molar-refractivity contribution in [2.75, 3.05) is 39.3 Å². The number of aliphatic hydroxyl groups is 1. The average molecular weight is 328 g/mol. The van der Waals surface area contributed by atoms with Crippen LogP contribution >= 0.6 is 11.3 Å². The number of nitrogens with zero attached hydrogens (tertiary/aromatic N) is 4. The SMILES string of the molecule is CCOc1nnc(CN2CCN(C[C@H](O)C(C)(C)C)CC2)s1. The summed E-state index contributed by atoms with van der Waals surface area (Å²) in [6.45, 7) is 14.4. The molecule has 1 N–H and O–H groups in total. The molecule has 0 unspecified atom stereocenters. The normalized spacial score (nSPS) is 19.3. The van der Waals surface area contributed by atoms with Gasteiger partial charge in [0.25, 0.3) is 5.19 Å². The van der Waals surface area contributed by atoms with E-state index in [2.05, 4.69) is 40.8 Å². The van der Waals surface area contributed by atoms with Gasteiger partial charge in [0.1, 0.15) is 5.01 Å². The number of hydrogen-bond donors (Lipinski definition) is 1. The zero-order valence-corrected chi connectivity index (χ0v) is 14.9. The summed E-state index contributed by atoms with van der Waals surface area (Å²) >= 11 is 1.53. The van der Waals surface area contributed by atoms with E-state index in [0.717, 1.165) is 44.3 Å². The third-order valence-electron chi connectivity index (χ3n) is 3.97. The molecule has 1 aliphatic rings. The van der Waals surface area contributed by atoms with E-state index in [4.69, 9.17) is 4.74 Å². The molecule has 0 aliphatic carbocycles. The Bertz CT molecular complexity index is 453. The van der Waals surface area contributed by atoms with E-state index in [-0.39, 0.29) is 11.5 Å². The van der Waals surface area contributed by atoms with E-state index in [1.807, 2.05) is 6.92 Å². The van der Waals surface area contributed by atoms with Crippen LogP contribution in [0.5, 0.6) is 5.19 Å². The number of hydrogen-bond acceptors (Lipinski definition) is 7. The van der Waals surface area contributed by atoms with Crippen molar-refractivity contribution in [3.63, 3.8) is 0 Å². The smallest absolute Gasteiger partial charge is 0.294 e. The lowest BCUT2D eigenvalue weighted by Gasteiger charge is -2.37. The molecule has 1 aromatic rings. The summed E-state index contributed by atoms with van der Waals surface area (Å²) in [5.74, 6) is 0. The summed E-state index contributed by atoms with van der Waals surface area (Å²) in [5.41, 5.74) is -0.0562. The predicted molar refractivity (Wildman–Crippen MR) is 88.3 cm³/mol. The van der Waals surface area contributed by atoms with Crippen LogP contribution in [-0.4, -0.2) is 70.5 Å². The first kappa shape index (κ1) is 17.6. The molecule has 0 amide bonds. The van der Waals surface area contributed by atoms with E-state index < -0.39 is 0 Å². The van der Waals surface area contributed by atoms with E-state index in [0.29, 0.717) is 11.8 Å². The van der Waals surface area contributed by atoms with Crippen LogP contribution in [0.15, 0.2) is 0 Å². The molecule has 1 atom stereocenters. The highest BCUT2D eigenvalue weighted by atomic mass is 32.1. The van der Waals surface area contributed by atoms with E-state index in [1.54, 1.807) is 0 Å². The van der Waals surface area contributed by atoms with Crippen molar-refractivity contribution in [1.82, 2.24) is 20.0 Å². The Morgan fingerprint density at radius 1 is 1.18 bits per heavy atom. The highest BCUT2D eigenvalue weighted by molar-refractivity contribution is 7.13. The van der Waals surface area contributed by atoms with Crippen LogP contribution in [-0.2, 0) is 6.54 Å². The van der Waals surface area contributed by atoms with Gasteiger partial charge in [-0.2, -0.15) is 0 Å². The zero-order valence-electron chi connectivity index (χ0n) is 14.1. The van der Waals surface area contributed by atoms with Gasteiger partial charge in [-0.1, -0.05) is 32.1 Å². The van der Waals surface area contributed by atoms with Crippen LogP contribution in [0.4, 0.5) is 0 Å². The maximum absolute atomic E-state index is 10.2. The van der Waals surface area contributed by atoms with Gasteiger partial charge in [0.2, 0.25) is 0 Å². The molecule has 1 aromatic heterocycles. The first-order valence-electron chi connectivity index (χ1n) is 7.96. The van der Waals surface area contributed by atoms with Crippen LogP contribution in [0, 0.1) is 5.41 Å². The molecule has 2 rings (SSSR count). The molecule has 1 saturated heterocycles. The number of aliphatic hydroxyl groups excluding tert-OH is 1. The molecule has 0 bridgehead atoms. The molecule has 0 aromatic carbocycles. The van der Waals surface area contributed by atoms with Crippen LogP contribution in [0.2, 0.25) is 0 Å². The second kappa shape index (κ2) is 7.68. The molecule has 0 saturated carbocycles. The van der Waals surface area contributed by atoms with Crippen molar-refractivity contribution < 1.29 is 9.84 Å². The van der Waals surface area contributed by atoms with E-state index in [1.165, 1.54) is 11.3 Å². The minimum Gasteiger partial charge on any atom is -0.469 e. The summed E-state index contributed by atoms with van der Waals surface area (Å²) < 4.78 is 5.36. The predicted octanol–water partition coefficient (Wildman–Crippen LogP) is 1.46. The molecule has 0 radical (unpaired) electrons. The molecule has 126 valence electrons. The van der Waals surface area contributed by atoms with Gasteiger partial charge in [-0.3, -0.25) is 9.80 Å². The monoisotopic (exact) mass is 328 g/mol. The second-order valence-electron chi connectivity index (χ2n) is 6.85. The van der Waals surface area contributed by atoms with Crippen molar-refractivity contribution in [2.24, 2.45) is 5.41 Å². The molecule has 6 nitrogen and oxygen atoms in total. The lowest BCUT2D eigenvalue weighted by molar-refractivity contribution is 0.0125. The highest BCUT2D eigenvalue weighted by Crippen LogP contribution is 2.22. The van der Waals surface area contributed by atoms with Gasteiger partial charge in [-0.15, -0.1) is 10.2 Å². The minimum absolute atomic E-state index is 0.0562. The van der Waals surface area contributed by atoms with Crippen LogP contribution in [0.3, 0.4) is 0 Å². The Balaban J connectivity index is 1.74. The van der Waals surface area contributed by atoms with Crippen LogP contribution in [0.1, 0.15) is 32.7 Å². The fraction of sp³-hybridized carbons (Fsp3) is 0.867. The van der Waals surface area contributed by atoms with Crippen LogP contribution < -0.4 is 4.74 Å². The maximum Gasteiger partial charge on any atom is 0.294 e. The third-order valence-corrected chi connectivity index (χ3v) is 4.79. The van der Waals surface area contributed by atoms with Crippen molar-refractivity contribution >= 4 is 11.3 Å². The average Bonchev–Trinajstić information content (AvgIpc) is 2.88. The lowest BCUT2D eigenvalue weighted by Crippen LogP contribution is -2.49.